The van der Waals surface area contributed by atoms with E-state index < -0.39 is 10.0 Å². The van der Waals surface area contributed by atoms with Crippen molar-refractivity contribution >= 4 is 38.9 Å². The largest absolute Gasteiger partial charge is 0.482 e. The zero-order chi connectivity index (χ0) is 22.2. The van der Waals surface area contributed by atoms with E-state index in [1.165, 1.54) is 11.0 Å². The van der Waals surface area contributed by atoms with Crippen LogP contribution >= 0.6 is 11.6 Å². The highest BCUT2D eigenvalue weighted by Crippen LogP contribution is 2.37. The summed E-state index contributed by atoms with van der Waals surface area (Å²) in [5, 5.41) is 4.38. The summed E-state index contributed by atoms with van der Waals surface area (Å²) in [6, 6.07) is 9.33. The lowest BCUT2D eigenvalue weighted by Crippen LogP contribution is -2.38. The molecule has 0 saturated heterocycles. The van der Waals surface area contributed by atoms with Crippen LogP contribution in [0, 0.1) is 6.92 Å². The molecule has 11 heteroatoms. The lowest BCUT2D eigenvalue weighted by molar-refractivity contribution is -0.121. The normalized spacial score (nSPS) is 13.6. The second-order valence-corrected chi connectivity index (χ2v) is 9.01. The van der Waals surface area contributed by atoms with E-state index in [2.05, 4.69) is 14.9 Å². The molecule has 1 aliphatic rings. The second-order valence-electron chi connectivity index (χ2n) is 6.92. The van der Waals surface area contributed by atoms with Crippen molar-refractivity contribution in [1.29, 1.82) is 0 Å². The summed E-state index contributed by atoms with van der Waals surface area (Å²) in [7, 11) is -3.90. The minimum absolute atomic E-state index is 0.0447. The van der Waals surface area contributed by atoms with Gasteiger partial charge in [-0.15, -0.1) is 0 Å². The molecule has 2 aromatic carbocycles. The Bertz CT molecular complexity index is 1240. The molecular weight excluding hydrogens is 444 g/mol. The fraction of sp³-hybridized carbons (Fsp3) is 0.250. The first kappa shape index (κ1) is 21.1. The standard InChI is InChI=1S/C20H19ClN4O5S/c1-3-19-22-18(23-30-19)10-25-15-8-12(2)17(9-16(15)29-11-20(25)26)31(27,28)24-14-6-4-13(21)5-7-14/h4-9,24H,3,10-11H2,1-2H3. The fourth-order valence-corrected chi connectivity index (χ4v) is 4.59. The van der Waals surface area contributed by atoms with E-state index in [9.17, 15) is 13.2 Å². The van der Waals surface area contributed by atoms with Crippen LogP contribution in [-0.2, 0) is 27.8 Å². The first-order chi connectivity index (χ1) is 14.8. The summed E-state index contributed by atoms with van der Waals surface area (Å²) >= 11 is 5.86. The zero-order valence-corrected chi connectivity index (χ0v) is 18.3. The molecule has 0 saturated carbocycles. The van der Waals surface area contributed by atoms with Crippen molar-refractivity contribution in [3.05, 3.63) is 58.7 Å². The van der Waals surface area contributed by atoms with Gasteiger partial charge in [0, 0.05) is 23.2 Å². The number of nitrogens with one attached hydrogen (secondary N) is 1. The average molecular weight is 463 g/mol. The number of aromatic nitrogens is 2. The molecule has 0 aliphatic carbocycles. The first-order valence-electron chi connectivity index (χ1n) is 9.44. The summed E-state index contributed by atoms with van der Waals surface area (Å²) in [5.41, 5.74) is 1.27. The van der Waals surface area contributed by atoms with Crippen LogP contribution in [0.25, 0.3) is 0 Å². The number of amides is 1. The highest BCUT2D eigenvalue weighted by molar-refractivity contribution is 7.92. The number of hydrogen-bond donors (Lipinski definition) is 1. The molecule has 0 fully saturated rings. The zero-order valence-electron chi connectivity index (χ0n) is 16.8. The number of ether oxygens (including phenoxy) is 1. The molecule has 1 aliphatic heterocycles. The molecule has 1 amide bonds. The summed E-state index contributed by atoms with van der Waals surface area (Å²) in [6.45, 7) is 3.40. The van der Waals surface area contributed by atoms with Crippen LogP contribution in [0.3, 0.4) is 0 Å². The van der Waals surface area contributed by atoms with Crippen LogP contribution in [0.1, 0.15) is 24.2 Å². The van der Waals surface area contributed by atoms with E-state index in [1.54, 1.807) is 37.3 Å². The quantitative estimate of drug-likeness (QED) is 0.597. The van der Waals surface area contributed by atoms with E-state index >= 15 is 0 Å². The van der Waals surface area contributed by atoms with Gasteiger partial charge in [0.15, 0.2) is 12.4 Å². The van der Waals surface area contributed by atoms with Crippen molar-refractivity contribution in [3.63, 3.8) is 0 Å². The van der Waals surface area contributed by atoms with Crippen molar-refractivity contribution in [3.8, 4) is 5.75 Å². The van der Waals surface area contributed by atoms with Crippen LogP contribution in [0.2, 0.25) is 5.02 Å². The van der Waals surface area contributed by atoms with Crippen molar-refractivity contribution < 1.29 is 22.5 Å². The molecular formula is C20H19ClN4O5S. The van der Waals surface area contributed by atoms with Gasteiger partial charge in [0.05, 0.1) is 17.1 Å². The average Bonchev–Trinajstić information content (AvgIpc) is 3.19. The molecule has 162 valence electrons. The molecule has 0 atom stereocenters. The number of anilines is 2. The van der Waals surface area contributed by atoms with Crippen LogP contribution < -0.4 is 14.4 Å². The second kappa shape index (κ2) is 8.20. The Hall–Kier alpha value is -3.11. The minimum Gasteiger partial charge on any atom is -0.482 e. The molecule has 0 radical (unpaired) electrons. The number of halogens is 1. The van der Waals surface area contributed by atoms with Crippen molar-refractivity contribution in [2.45, 2.75) is 31.7 Å². The summed E-state index contributed by atoms with van der Waals surface area (Å²) < 4.78 is 39.1. The van der Waals surface area contributed by atoms with Crippen molar-refractivity contribution in [2.75, 3.05) is 16.2 Å². The van der Waals surface area contributed by atoms with Gasteiger partial charge in [-0.1, -0.05) is 23.7 Å². The highest BCUT2D eigenvalue weighted by atomic mass is 35.5. The number of fused-ring (bicyclic) bond motifs is 1. The number of hydrogen-bond acceptors (Lipinski definition) is 7. The van der Waals surface area contributed by atoms with Gasteiger partial charge >= 0.3 is 0 Å². The number of carbonyl (C=O) groups excluding carboxylic acids is 1. The molecule has 31 heavy (non-hydrogen) atoms. The molecule has 1 N–H and O–H groups in total. The minimum atomic E-state index is -3.90. The lowest BCUT2D eigenvalue weighted by Gasteiger charge is -2.29. The predicted molar refractivity (Wildman–Crippen MR) is 114 cm³/mol. The number of sulfonamides is 1. The van der Waals surface area contributed by atoms with Gasteiger partial charge in [0.2, 0.25) is 5.89 Å². The van der Waals surface area contributed by atoms with E-state index in [4.69, 9.17) is 20.9 Å². The number of rotatable bonds is 6. The van der Waals surface area contributed by atoms with Crippen molar-refractivity contribution in [1.82, 2.24) is 10.1 Å². The SMILES string of the molecule is CCc1nc(CN2C(=O)COc3cc(S(=O)(=O)Nc4ccc(Cl)cc4)c(C)cc32)no1. The van der Waals surface area contributed by atoms with Gasteiger partial charge < -0.3 is 9.26 Å². The van der Waals surface area contributed by atoms with Crippen molar-refractivity contribution in [2.24, 2.45) is 0 Å². The topological polar surface area (TPSA) is 115 Å². The first-order valence-corrected chi connectivity index (χ1v) is 11.3. The molecule has 0 spiro atoms. The third kappa shape index (κ3) is 4.35. The Morgan fingerprint density at radius 2 is 1.97 bits per heavy atom. The maximum atomic E-state index is 13.0. The Kier molecular flexibility index (Phi) is 5.59. The van der Waals surface area contributed by atoms with Gasteiger partial charge in [0.1, 0.15) is 5.75 Å². The molecule has 3 aromatic rings. The molecule has 9 nitrogen and oxygen atoms in total. The summed E-state index contributed by atoms with van der Waals surface area (Å²) in [4.78, 5) is 18.2. The summed E-state index contributed by atoms with van der Waals surface area (Å²) in [6.07, 6.45) is 0.585. The van der Waals surface area contributed by atoms with Gasteiger partial charge in [-0.05, 0) is 42.8 Å². The van der Waals surface area contributed by atoms with E-state index in [0.29, 0.717) is 40.1 Å². The van der Waals surface area contributed by atoms with Gasteiger partial charge in [-0.3, -0.25) is 14.4 Å². The lowest BCUT2D eigenvalue weighted by atomic mass is 10.1. The molecule has 0 unspecified atom stereocenters. The fourth-order valence-electron chi connectivity index (χ4n) is 3.16. The van der Waals surface area contributed by atoms with Gasteiger partial charge in [-0.2, -0.15) is 4.98 Å². The summed E-state index contributed by atoms with van der Waals surface area (Å²) in [5.74, 6) is 0.823. The predicted octanol–water partition coefficient (Wildman–Crippen LogP) is 3.32. The van der Waals surface area contributed by atoms with Gasteiger partial charge in [-0.25, -0.2) is 8.42 Å². The maximum absolute atomic E-state index is 13.0. The van der Waals surface area contributed by atoms with Gasteiger partial charge in [0.25, 0.3) is 15.9 Å². The smallest absolute Gasteiger partial charge is 0.265 e. The Balaban J connectivity index is 1.66. The van der Waals surface area contributed by atoms with E-state index in [-0.39, 0.29) is 29.7 Å². The third-order valence-electron chi connectivity index (χ3n) is 4.70. The van der Waals surface area contributed by atoms with Crippen LogP contribution in [0.15, 0.2) is 45.8 Å². The van der Waals surface area contributed by atoms with Crippen LogP contribution in [0.5, 0.6) is 5.75 Å². The number of aryl methyl sites for hydroxylation is 2. The van der Waals surface area contributed by atoms with E-state index in [1.807, 2.05) is 6.92 Å². The Morgan fingerprint density at radius 1 is 1.23 bits per heavy atom. The monoisotopic (exact) mass is 462 g/mol. The number of carbonyl (C=O) groups is 1. The van der Waals surface area contributed by atoms with Crippen LogP contribution in [-0.4, -0.2) is 31.1 Å². The van der Waals surface area contributed by atoms with E-state index in [0.717, 1.165) is 0 Å². The molecule has 2 heterocycles. The highest BCUT2D eigenvalue weighted by Gasteiger charge is 2.30. The number of nitrogens with zero attached hydrogens (tertiary/aromatic N) is 3. The molecule has 4 rings (SSSR count). The maximum Gasteiger partial charge on any atom is 0.265 e. The Labute approximate surface area is 184 Å². The third-order valence-corrected chi connectivity index (χ3v) is 6.47. The van der Waals surface area contributed by atoms with Crippen LogP contribution in [0.4, 0.5) is 11.4 Å². The molecule has 0 bridgehead atoms. The Morgan fingerprint density at radius 3 is 2.65 bits per heavy atom. The molecule has 1 aromatic heterocycles. The number of benzene rings is 2.